The van der Waals surface area contributed by atoms with Gasteiger partial charge in [0.2, 0.25) is 50.1 Å². The van der Waals surface area contributed by atoms with Gasteiger partial charge >= 0.3 is 29.8 Å². The molecule has 40 heteroatoms. The van der Waals surface area contributed by atoms with Gasteiger partial charge < -0.3 is 75.8 Å². The summed E-state index contributed by atoms with van der Waals surface area (Å²) in [6.45, 7) is -30.2. The summed E-state index contributed by atoms with van der Waals surface area (Å²) in [5, 5.41) is 15.2. The van der Waals surface area contributed by atoms with Crippen molar-refractivity contribution in [3.63, 3.8) is 0 Å². The molecule has 0 bridgehead atoms. The Morgan fingerprint density at radius 3 is 0.848 bits per heavy atom. The van der Waals surface area contributed by atoms with E-state index in [-0.39, 0.29) is 50.0 Å². The number of benzene rings is 10. The molecule has 0 spiro atoms. The highest BCUT2D eigenvalue weighted by atomic mass is 32.2. The fourth-order valence-electron chi connectivity index (χ4n) is 9.27. The normalized spacial score (nSPS) is 19.9. The number of ether oxygens (including phenoxy) is 5. The van der Waals surface area contributed by atoms with Crippen LogP contribution in [0.1, 0.15) is 201 Å². The largest absolute Gasteiger partial charge is 0.478 e. The zero-order chi connectivity index (χ0) is 140. The lowest BCUT2D eigenvalue weighted by Crippen LogP contribution is -2.16. The molecule has 0 heterocycles. The van der Waals surface area contributed by atoms with Gasteiger partial charge in [0.25, 0.3) is 7.16 Å². The molecule has 670 valence electrons. The van der Waals surface area contributed by atoms with Gasteiger partial charge in [0.05, 0.1) is 56.3 Å². The molecular weight excluding hydrogens is 1720 g/mol. The maximum Gasteiger partial charge on any atom is 0.335 e. The first-order valence-electron chi connectivity index (χ1n) is 60.9. The number of hydrogen-bond acceptors (Lipinski definition) is 30. The summed E-state index contributed by atoms with van der Waals surface area (Å²) < 4.78 is 588. The molecule has 35 nitrogen and oxygen atoms in total. The summed E-state index contributed by atoms with van der Waals surface area (Å²) in [6.07, 6.45) is -30.4. The lowest BCUT2D eigenvalue weighted by molar-refractivity contribution is 0.0685. The SMILES string of the molecule is [2H]OC(=O)c1cc(N([2H])C([2H])([2H])C([2H])([2H])C([2H])([2H])C([2H])([2H])[2H])c(Oc2ccccc2)c(S(=O)(=O)N([2H])[2H])c1.[2H]OC(=O)c1cc(N([2H])C([2H])([2H])CC([2H])([2H])C([2H])([2H])[2H])c(Oc2ccccc2)c(S(=O)(=O)N([2H])[2H])c1.[2H]OC(=O)c1cc(N([2H])C([2H])C([2H])([2H])C([2H])([2H])C([2H])([2H])[2H])c(Oc2ccccc2)c(S(=O)(=O)N([2H])[2H])c1.[2H]OC(=O)c1cc(N([2H])C([2H])CC([2H])([2H])C([2H])([2H])[2H])c(Oc2ccccc2)c(S(=O)(=O)N([2H])[2H])c1.[2H]OC(=O)c1cc(N([2H])CC([2H])([2H])C([2H])([2H])C([2H])([2H])[2H])c(Oc2ccccc2)c(S(=O)(=O)N([2H])[2H])c1. The number of aromatic carboxylic acids is 5. The van der Waals surface area contributed by atoms with Gasteiger partial charge in [-0.15, -0.1) is 0 Å². The number of anilines is 5. The number of primary sulfonamides is 5. The topological polar surface area (TPSA) is 594 Å². The Bertz CT molecular complexity index is 8320. The van der Waals surface area contributed by atoms with Crippen molar-refractivity contribution in [3.8, 4) is 57.5 Å². The van der Waals surface area contributed by atoms with E-state index < -0.39 is 351 Å². The van der Waals surface area contributed by atoms with Crippen molar-refractivity contribution in [2.24, 2.45) is 25.6 Å². The highest BCUT2D eigenvalue weighted by Crippen LogP contribution is 2.43. The van der Waals surface area contributed by atoms with Crippen LogP contribution >= 0.6 is 0 Å². The summed E-state index contributed by atoms with van der Waals surface area (Å²) in [4.78, 5) is 55.0. The fourth-order valence-corrected chi connectivity index (χ4v) is 12.6. The molecule has 10 aromatic rings. The monoisotopic (exact) mass is 1880 g/mol. The molecule has 0 aromatic heterocycles. The molecule has 125 heavy (non-hydrogen) atoms. The average Bonchev–Trinajstić information content (AvgIpc) is 0.719. The van der Waals surface area contributed by atoms with Crippen LogP contribution in [-0.4, -0.2) is 130 Å². The Balaban J connectivity index is 0.000000343. The van der Waals surface area contributed by atoms with Gasteiger partial charge in [-0.1, -0.05) is 157 Å². The number of para-hydroxylation sites is 5. The number of carbonyl (C=O) groups is 5. The van der Waals surface area contributed by atoms with Crippen LogP contribution in [0.3, 0.4) is 0 Å². The van der Waals surface area contributed by atoms with Gasteiger partial charge in [0.1, 0.15) is 67.3 Å². The Kier molecular flexibility index (Phi) is 17.6. The van der Waals surface area contributed by atoms with E-state index in [9.17, 15) is 66.1 Å². The average molecular weight is 1880 g/mol. The molecular formula is C85H100N10O25S5. The number of rotatable bonds is 45. The second-order valence-corrected chi connectivity index (χ2v) is 29.9. The van der Waals surface area contributed by atoms with E-state index in [1.165, 1.54) is 127 Å². The van der Waals surface area contributed by atoms with Gasteiger partial charge in [-0.2, -0.15) is 0 Å². The van der Waals surface area contributed by atoms with Gasteiger partial charge in [-0.25, -0.2) is 91.7 Å². The molecule has 0 aliphatic rings. The maximum atomic E-state index is 12.8. The number of carboxylic acid groups (broad SMARTS) is 5. The van der Waals surface area contributed by atoms with Crippen molar-refractivity contribution >= 4 is 108 Å². The molecule has 0 fully saturated rings. The minimum Gasteiger partial charge on any atom is -0.478 e. The Morgan fingerprint density at radius 2 is 0.568 bits per heavy atom. The third kappa shape index (κ3) is 32.4. The van der Waals surface area contributed by atoms with Crippen LogP contribution in [-0.2, 0) is 50.1 Å². The molecule has 20 N–H and O–H groups in total. The number of hydrogen-bond donors (Lipinski definition) is 15. The van der Waals surface area contributed by atoms with Crippen molar-refractivity contribution < 1.29 is 187 Å². The highest BCUT2D eigenvalue weighted by Gasteiger charge is 2.30. The van der Waals surface area contributed by atoms with Crippen molar-refractivity contribution in [3.05, 3.63) is 240 Å². The van der Waals surface area contributed by atoms with Crippen molar-refractivity contribution in [2.45, 2.75) is 123 Å². The van der Waals surface area contributed by atoms with E-state index in [2.05, 4.69) is 25.5 Å². The molecule has 0 saturated carbocycles. The minimum atomic E-state index is -5.20. The van der Waals surface area contributed by atoms with E-state index in [1.54, 1.807) is 24.3 Å². The van der Waals surface area contributed by atoms with E-state index in [0.29, 0.717) is 48.5 Å². The van der Waals surface area contributed by atoms with Gasteiger partial charge in [0, 0.05) is 83.3 Å². The molecule has 0 amide bonds. The predicted octanol–water partition coefficient (Wildman–Crippen LogP) is 15.2. The van der Waals surface area contributed by atoms with Crippen LogP contribution < -0.4 is 75.9 Å². The van der Waals surface area contributed by atoms with Crippen LogP contribution in [0.15, 0.2) is 237 Å². The molecule has 0 aliphatic carbocycles. The van der Waals surface area contributed by atoms with Crippen LogP contribution in [0.5, 0.6) is 57.5 Å². The molecule has 0 radical (unpaired) electrons. The Hall–Kier alpha value is -12.9. The smallest absolute Gasteiger partial charge is 0.335 e. The second-order valence-electron chi connectivity index (χ2n) is 22.9. The zero-order valence-corrected chi connectivity index (χ0v) is 66.8. The molecule has 0 aliphatic heterocycles. The number of sulfonamides is 5. The Morgan fingerprint density at radius 1 is 0.320 bits per heavy atom. The fraction of sp³-hybridized carbons (Fsp3) is 0.235. The zero-order valence-electron chi connectivity index (χ0n) is 120. The van der Waals surface area contributed by atoms with Gasteiger partial charge in [0.15, 0.2) is 35.8 Å². The van der Waals surface area contributed by atoms with E-state index in [4.69, 9.17) is 103 Å². The molecule has 10 rings (SSSR count). The summed E-state index contributed by atoms with van der Waals surface area (Å²) in [7, 11) is -25.4. The second kappa shape index (κ2) is 48.2. The molecule has 10 aromatic carbocycles. The maximum absolute atomic E-state index is 12.8. The van der Waals surface area contributed by atoms with Crippen molar-refractivity contribution in [1.29, 1.82) is 7.16 Å². The number of carboxylic acids is 5. The van der Waals surface area contributed by atoms with Crippen LogP contribution in [0.4, 0.5) is 28.4 Å². The predicted molar refractivity (Wildman–Crippen MR) is 473 cm³/mol. The standard InChI is InChI=1S/5C17H20N2O5S/c5*1-2-3-9-19-14-10-12(17(20)21)11-15(25(18,22)23)16(14)24-13-7-5-4-6-8-13/h5*4-8,10-11,19H,2-3,9H2,1H3,(H,20,21)(H2,18,22,23)/i1D3,2D2,3D2,9D2;1D3,2D2,3D2,9D;1D3,2D2,9D2;1D3,2D2,9D;1D3,2D2,3D2/hD20. The number of nitrogens with one attached hydrogen (secondary N) is 5. The van der Waals surface area contributed by atoms with Crippen LogP contribution in [0, 0.1) is 0 Å². The lowest BCUT2D eigenvalue weighted by atomic mass is 10.1. The summed E-state index contributed by atoms with van der Waals surface area (Å²) >= 11 is 0. The summed E-state index contributed by atoms with van der Waals surface area (Å²) in [5.74, 6) is -11.7. The Labute approximate surface area is 806 Å². The van der Waals surface area contributed by atoms with Crippen LogP contribution in [0.25, 0.3) is 7.16 Å². The molecule has 2 atom stereocenters. The molecule has 2 unspecified atom stereocenters. The van der Waals surface area contributed by atoms with E-state index >= 15 is 0 Å². The first-order valence-corrected chi connectivity index (χ1v) is 40.7. The molecule has 0 saturated heterocycles. The number of nitrogens with two attached hydrogens (primary N) is 5. The highest BCUT2D eigenvalue weighted by molar-refractivity contribution is 7.90. The minimum absolute atomic E-state index is 0.0123. The van der Waals surface area contributed by atoms with Gasteiger partial charge in [-0.05, 0) is 153 Å². The first-order chi connectivity index (χ1) is 82.7. The van der Waals surface area contributed by atoms with Crippen molar-refractivity contribution in [1.82, 2.24) is 0 Å². The lowest BCUT2D eigenvalue weighted by Gasteiger charge is -2.17. The van der Waals surface area contributed by atoms with E-state index in [1.807, 2.05) is 0 Å². The third-order valence-electron chi connectivity index (χ3n) is 14.4. The van der Waals surface area contributed by atoms with Gasteiger partial charge in [-0.3, -0.25) is 0 Å². The summed E-state index contributed by atoms with van der Waals surface area (Å²) in [6, 6.07) is 42.6. The summed E-state index contributed by atoms with van der Waals surface area (Å²) in [5.41, 5.74) is -7.70. The quantitative estimate of drug-likeness (QED) is 0.0168. The van der Waals surface area contributed by atoms with E-state index in [0.717, 1.165) is 12.1 Å². The van der Waals surface area contributed by atoms with Crippen LogP contribution in [0.2, 0.25) is 21.2 Å². The first kappa shape index (κ1) is 45.6. The third-order valence-corrected chi connectivity index (χ3v) is 18.7. The van der Waals surface area contributed by atoms with Crippen molar-refractivity contribution in [2.75, 3.05) is 59.1 Å².